The molecule has 6 nitrogen and oxygen atoms in total. The average molecular weight is 267 g/mol. The first-order valence-corrected chi connectivity index (χ1v) is 8.06. The molecule has 5 N–H and O–H groups in total. The lowest BCUT2D eigenvalue weighted by Gasteiger charge is -2.16. The van der Waals surface area contributed by atoms with Crippen molar-refractivity contribution >= 4 is 8.80 Å². The first kappa shape index (κ1) is 17.0. The summed E-state index contributed by atoms with van der Waals surface area (Å²) in [6.45, 7) is 5.10. The first-order valence-electron chi connectivity index (χ1n) is 6.01. The Morgan fingerprint density at radius 3 is 2.47 bits per heavy atom. The quantitative estimate of drug-likeness (QED) is 0.259. The third-order valence-corrected chi connectivity index (χ3v) is 3.45. The maximum atomic E-state index is 9.53. The maximum Gasteiger partial charge on any atom is 0.492 e. The lowest BCUT2D eigenvalue weighted by molar-refractivity contribution is 0.0351. The Hall–Kier alpha value is -0.0231. The highest BCUT2D eigenvalue weighted by atomic mass is 28.4. The number of rotatable bonds is 10. The molecule has 0 aromatic heterocycles. The van der Waals surface area contributed by atoms with Gasteiger partial charge in [0.05, 0.1) is 12.7 Å². The molecule has 0 bridgehead atoms. The van der Waals surface area contributed by atoms with Crippen molar-refractivity contribution in [1.29, 1.82) is 0 Å². The molecule has 0 amide bonds. The fourth-order valence-electron chi connectivity index (χ4n) is 1.17. The Morgan fingerprint density at radius 2 is 1.94 bits per heavy atom. The number of ether oxygens (including phenoxy) is 1. The molecule has 0 heterocycles. The zero-order valence-corrected chi connectivity index (χ0v) is 11.6. The molecule has 0 aliphatic heterocycles. The summed E-state index contributed by atoms with van der Waals surface area (Å²) in [6.07, 6.45) is 0.814. The molecule has 0 radical (unpaired) electrons. The van der Waals surface area contributed by atoms with Crippen LogP contribution in [0.3, 0.4) is 0 Å². The van der Waals surface area contributed by atoms with E-state index in [9.17, 15) is 5.11 Å². The van der Waals surface area contributed by atoms with Crippen molar-refractivity contribution < 1.29 is 24.2 Å². The molecule has 7 heteroatoms. The van der Waals surface area contributed by atoms with E-state index in [-0.39, 0.29) is 12.7 Å². The van der Waals surface area contributed by atoms with Gasteiger partial charge in [0.15, 0.2) is 0 Å². The molecule has 0 spiro atoms. The van der Waals surface area contributed by atoms with Gasteiger partial charge in [-0.1, -0.05) is 6.92 Å². The van der Waals surface area contributed by atoms with E-state index in [1.165, 1.54) is 0 Å². The Morgan fingerprint density at radius 1 is 1.29 bits per heavy atom. The lowest BCUT2D eigenvalue weighted by Crippen LogP contribution is -2.36. The molecule has 2 unspecified atom stereocenters. The molecule has 0 aliphatic carbocycles. The van der Waals surface area contributed by atoms with E-state index in [4.69, 9.17) is 19.1 Å². The second-order valence-electron chi connectivity index (χ2n) is 4.32. The van der Waals surface area contributed by atoms with Crippen molar-refractivity contribution in [2.75, 3.05) is 19.8 Å². The zero-order chi connectivity index (χ0) is 13.3. The summed E-state index contributed by atoms with van der Waals surface area (Å²) >= 11 is 0. The van der Waals surface area contributed by atoms with E-state index < -0.39 is 14.9 Å². The van der Waals surface area contributed by atoms with Gasteiger partial charge in [-0.25, -0.2) is 0 Å². The predicted octanol–water partition coefficient (Wildman–Crippen LogP) is -0.942. The smallest absolute Gasteiger partial charge is 0.390 e. The molecule has 0 saturated carbocycles. The largest absolute Gasteiger partial charge is 0.492 e. The van der Waals surface area contributed by atoms with Gasteiger partial charge >= 0.3 is 8.80 Å². The van der Waals surface area contributed by atoms with E-state index in [1.807, 2.05) is 6.92 Å². The van der Waals surface area contributed by atoms with Gasteiger partial charge in [0.2, 0.25) is 0 Å². The summed E-state index contributed by atoms with van der Waals surface area (Å²) in [5.41, 5.74) is 0. The topological polar surface area (TPSA) is 102 Å². The fourth-order valence-corrected chi connectivity index (χ4v) is 1.79. The number of nitrogens with one attached hydrogen (secondary N) is 1. The number of hydrogen-bond acceptors (Lipinski definition) is 6. The highest BCUT2D eigenvalue weighted by molar-refractivity contribution is 6.56. The molecule has 0 fully saturated rings. The summed E-state index contributed by atoms with van der Waals surface area (Å²) < 4.78 is 5.16. The minimum atomic E-state index is -3.92. The van der Waals surface area contributed by atoms with Crippen LogP contribution in [0, 0.1) is 0 Å². The molecule has 0 aromatic carbocycles. The number of aliphatic hydroxyl groups is 1. The zero-order valence-electron chi connectivity index (χ0n) is 10.6. The Balaban J connectivity index is 3.36. The Bertz CT molecular complexity index is 188. The summed E-state index contributed by atoms with van der Waals surface area (Å²) in [4.78, 5) is 26.2. The van der Waals surface area contributed by atoms with Crippen molar-refractivity contribution in [2.45, 2.75) is 44.9 Å². The van der Waals surface area contributed by atoms with E-state index in [0.29, 0.717) is 25.6 Å². The van der Waals surface area contributed by atoms with Gasteiger partial charge in [0.25, 0.3) is 0 Å². The van der Waals surface area contributed by atoms with Gasteiger partial charge in [-0.05, 0) is 19.8 Å². The van der Waals surface area contributed by atoms with E-state index in [2.05, 4.69) is 12.2 Å². The van der Waals surface area contributed by atoms with Crippen LogP contribution in [0.15, 0.2) is 0 Å². The van der Waals surface area contributed by atoms with Crippen LogP contribution in [-0.4, -0.2) is 60.2 Å². The van der Waals surface area contributed by atoms with E-state index >= 15 is 0 Å². The van der Waals surface area contributed by atoms with Crippen LogP contribution in [0.25, 0.3) is 0 Å². The van der Waals surface area contributed by atoms with E-state index in [0.717, 1.165) is 6.42 Å². The highest BCUT2D eigenvalue weighted by Crippen LogP contribution is 2.01. The fraction of sp³-hybridized carbons (Fsp3) is 1.00. The van der Waals surface area contributed by atoms with E-state index in [1.54, 1.807) is 0 Å². The molecule has 0 aliphatic rings. The second-order valence-corrected chi connectivity index (χ2v) is 6.37. The minimum Gasteiger partial charge on any atom is -0.390 e. The molecule has 0 saturated heterocycles. The SMILES string of the molecule is CCC(C)NCC(O)COCCC[Si](O)(O)O. The molecular formula is C10H25NO5Si. The van der Waals surface area contributed by atoms with Gasteiger partial charge < -0.3 is 29.5 Å². The van der Waals surface area contributed by atoms with Gasteiger partial charge in [0, 0.05) is 25.2 Å². The summed E-state index contributed by atoms with van der Waals surface area (Å²) in [5.74, 6) is 0. The lowest BCUT2D eigenvalue weighted by atomic mass is 10.2. The van der Waals surface area contributed by atoms with Crippen molar-refractivity contribution in [3.05, 3.63) is 0 Å². The summed E-state index contributed by atoms with van der Waals surface area (Å²) in [6, 6.07) is 0.336. The minimum absolute atomic E-state index is 0.0335. The van der Waals surface area contributed by atoms with Crippen LogP contribution in [0.5, 0.6) is 0 Å². The first-order chi connectivity index (χ1) is 7.85. The third-order valence-electron chi connectivity index (χ3n) is 2.43. The van der Waals surface area contributed by atoms with Crippen molar-refractivity contribution in [2.24, 2.45) is 0 Å². The normalized spacial score (nSPS) is 15.9. The number of hydrogen-bond donors (Lipinski definition) is 5. The summed E-state index contributed by atoms with van der Waals surface area (Å²) in [5, 5.41) is 12.7. The van der Waals surface area contributed by atoms with Crippen LogP contribution in [0.1, 0.15) is 26.7 Å². The van der Waals surface area contributed by atoms with Crippen LogP contribution in [0.4, 0.5) is 0 Å². The van der Waals surface area contributed by atoms with Crippen LogP contribution in [0.2, 0.25) is 6.04 Å². The standard InChI is InChI=1S/C10H25NO5Si/c1-3-9(2)11-7-10(12)8-16-5-4-6-17(13,14)15/h9-15H,3-8H2,1-2H3. The average Bonchev–Trinajstić information content (AvgIpc) is 2.23. The van der Waals surface area contributed by atoms with Crippen molar-refractivity contribution in [1.82, 2.24) is 5.32 Å². The monoisotopic (exact) mass is 267 g/mol. The van der Waals surface area contributed by atoms with Crippen LogP contribution < -0.4 is 5.32 Å². The molecular weight excluding hydrogens is 242 g/mol. The van der Waals surface area contributed by atoms with Gasteiger partial charge in [-0.3, -0.25) is 0 Å². The Kier molecular flexibility index (Phi) is 8.97. The summed E-state index contributed by atoms with van der Waals surface area (Å²) in [7, 11) is -3.92. The van der Waals surface area contributed by atoms with Gasteiger partial charge in [-0.15, -0.1) is 0 Å². The van der Waals surface area contributed by atoms with Gasteiger partial charge in [-0.2, -0.15) is 0 Å². The molecule has 2 atom stereocenters. The maximum absolute atomic E-state index is 9.53. The molecule has 104 valence electrons. The van der Waals surface area contributed by atoms with Crippen molar-refractivity contribution in [3.63, 3.8) is 0 Å². The van der Waals surface area contributed by atoms with Gasteiger partial charge in [0.1, 0.15) is 0 Å². The molecule has 0 rings (SSSR count). The van der Waals surface area contributed by atoms with Crippen LogP contribution in [-0.2, 0) is 4.74 Å². The molecule has 17 heavy (non-hydrogen) atoms. The van der Waals surface area contributed by atoms with Crippen molar-refractivity contribution in [3.8, 4) is 0 Å². The Labute approximate surface area is 104 Å². The molecule has 0 aromatic rings. The highest BCUT2D eigenvalue weighted by Gasteiger charge is 2.25. The predicted molar refractivity (Wildman–Crippen MR) is 66.4 cm³/mol. The second kappa shape index (κ2) is 8.98. The van der Waals surface area contributed by atoms with Crippen LogP contribution >= 0.6 is 0 Å². The number of aliphatic hydroxyl groups excluding tert-OH is 1. The third kappa shape index (κ3) is 12.2.